The second kappa shape index (κ2) is 5.82. The summed E-state index contributed by atoms with van der Waals surface area (Å²) in [4.78, 5) is 0. The van der Waals surface area contributed by atoms with Gasteiger partial charge in [0.25, 0.3) is 0 Å². The number of aliphatic hydroxyl groups excluding tert-OH is 1. The Hall–Kier alpha value is -0.570. The molecule has 1 aliphatic rings. The van der Waals surface area contributed by atoms with Crippen LogP contribution in [0.3, 0.4) is 0 Å². The molecule has 0 fully saturated rings. The standard InChI is InChI=1S/C16H24ClNO/c1-16(2,3)9-15(19)10-18-14-7-11-4-5-13(17)6-12(11)8-14/h4-6,14-15,18-19H,7-10H2,1-3H3. The maximum Gasteiger partial charge on any atom is 0.0669 e. The van der Waals surface area contributed by atoms with Crippen LogP contribution in [0.5, 0.6) is 0 Å². The van der Waals surface area contributed by atoms with E-state index in [1.54, 1.807) is 0 Å². The van der Waals surface area contributed by atoms with E-state index in [-0.39, 0.29) is 11.5 Å². The quantitative estimate of drug-likeness (QED) is 0.888. The Labute approximate surface area is 121 Å². The Morgan fingerprint density at radius 3 is 2.68 bits per heavy atom. The highest BCUT2D eigenvalue weighted by Gasteiger charge is 2.23. The normalized spacial score (nSPS) is 20.4. The van der Waals surface area contributed by atoms with Gasteiger partial charge in [-0.3, -0.25) is 0 Å². The third-order valence-corrected chi connectivity index (χ3v) is 3.83. The number of hydrogen-bond acceptors (Lipinski definition) is 2. The van der Waals surface area contributed by atoms with Crippen LogP contribution in [0.15, 0.2) is 18.2 Å². The zero-order chi connectivity index (χ0) is 14.0. The molecule has 0 aliphatic heterocycles. The molecule has 3 heteroatoms. The van der Waals surface area contributed by atoms with E-state index in [4.69, 9.17) is 11.6 Å². The molecule has 0 saturated heterocycles. The molecule has 0 amide bonds. The summed E-state index contributed by atoms with van der Waals surface area (Å²) < 4.78 is 0. The molecule has 1 aromatic rings. The summed E-state index contributed by atoms with van der Waals surface area (Å²) in [7, 11) is 0. The maximum atomic E-state index is 10.0. The predicted octanol–water partition coefficient (Wildman–Crippen LogP) is 3.19. The number of hydrogen-bond donors (Lipinski definition) is 2. The van der Waals surface area contributed by atoms with Gasteiger partial charge in [0.05, 0.1) is 6.10 Å². The minimum Gasteiger partial charge on any atom is -0.392 e. The van der Waals surface area contributed by atoms with Crippen molar-refractivity contribution < 1.29 is 5.11 Å². The summed E-state index contributed by atoms with van der Waals surface area (Å²) in [6.07, 6.45) is 2.60. The SMILES string of the molecule is CC(C)(C)CC(O)CNC1Cc2ccc(Cl)cc2C1. The van der Waals surface area contributed by atoms with Crippen molar-refractivity contribution in [2.24, 2.45) is 5.41 Å². The first-order valence-corrected chi connectivity index (χ1v) is 7.40. The van der Waals surface area contributed by atoms with E-state index in [1.807, 2.05) is 6.07 Å². The molecule has 0 radical (unpaired) electrons. The first kappa shape index (κ1) is 14.8. The maximum absolute atomic E-state index is 10.0. The van der Waals surface area contributed by atoms with E-state index >= 15 is 0 Å². The van der Waals surface area contributed by atoms with Crippen LogP contribution < -0.4 is 5.32 Å². The fourth-order valence-electron chi connectivity index (χ4n) is 2.81. The second-order valence-electron chi connectivity index (χ2n) is 6.85. The Morgan fingerprint density at radius 2 is 2.00 bits per heavy atom. The van der Waals surface area contributed by atoms with Crippen LogP contribution >= 0.6 is 11.6 Å². The van der Waals surface area contributed by atoms with E-state index in [1.165, 1.54) is 11.1 Å². The van der Waals surface area contributed by atoms with E-state index < -0.39 is 0 Å². The molecule has 0 bridgehead atoms. The average Bonchev–Trinajstić information content (AvgIpc) is 2.66. The van der Waals surface area contributed by atoms with Crippen LogP contribution in [0, 0.1) is 5.41 Å². The molecule has 2 atom stereocenters. The molecule has 0 saturated carbocycles. The highest BCUT2D eigenvalue weighted by Crippen LogP contribution is 2.25. The van der Waals surface area contributed by atoms with Crippen LogP contribution in [0.25, 0.3) is 0 Å². The first-order valence-electron chi connectivity index (χ1n) is 7.02. The van der Waals surface area contributed by atoms with Crippen LogP contribution in [-0.4, -0.2) is 23.8 Å². The van der Waals surface area contributed by atoms with E-state index in [0.29, 0.717) is 12.6 Å². The highest BCUT2D eigenvalue weighted by atomic mass is 35.5. The van der Waals surface area contributed by atoms with E-state index in [9.17, 15) is 5.11 Å². The van der Waals surface area contributed by atoms with Crippen molar-refractivity contribution in [2.75, 3.05) is 6.54 Å². The Kier molecular flexibility index (Phi) is 4.54. The third kappa shape index (κ3) is 4.48. The topological polar surface area (TPSA) is 32.3 Å². The lowest BCUT2D eigenvalue weighted by Gasteiger charge is -2.23. The third-order valence-electron chi connectivity index (χ3n) is 3.59. The molecule has 0 spiro atoms. The van der Waals surface area contributed by atoms with Gasteiger partial charge in [0.2, 0.25) is 0 Å². The minimum atomic E-state index is -0.271. The Bertz CT molecular complexity index is 439. The molecule has 2 unspecified atom stereocenters. The van der Waals surface area contributed by atoms with Gasteiger partial charge in [-0.05, 0) is 47.9 Å². The second-order valence-corrected chi connectivity index (χ2v) is 7.28. The smallest absolute Gasteiger partial charge is 0.0669 e. The number of nitrogens with one attached hydrogen (secondary N) is 1. The first-order chi connectivity index (χ1) is 8.83. The molecule has 2 nitrogen and oxygen atoms in total. The molecule has 19 heavy (non-hydrogen) atoms. The van der Waals surface area contributed by atoms with Gasteiger partial charge >= 0.3 is 0 Å². The van der Waals surface area contributed by atoms with Crippen LogP contribution in [0.2, 0.25) is 5.02 Å². The number of fused-ring (bicyclic) bond motifs is 1. The number of halogens is 1. The van der Waals surface area contributed by atoms with Crippen molar-refractivity contribution in [1.82, 2.24) is 5.32 Å². The fourth-order valence-corrected chi connectivity index (χ4v) is 3.01. The Balaban J connectivity index is 1.81. The van der Waals surface area contributed by atoms with Gasteiger partial charge in [0.1, 0.15) is 0 Å². The van der Waals surface area contributed by atoms with Gasteiger partial charge in [0.15, 0.2) is 0 Å². The number of aliphatic hydroxyl groups is 1. The predicted molar refractivity (Wildman–Crippen MR) is 80.7 cm³/mol. The number of benzene rings is 1. The molecule has 0 aromatic heterocycles. The largest absolute Gasteiger partial charge is 0.392 e. The van der Waals surface area contributed by atoms with Crippen LogP contribution in [-0.2, 0) is 12.8 Å². The lowest BCUT2D eigenvalue weighted by molar-refractivity contribution is 0.117. The van der Waals surface area contributed by atoms with Crippen LogP contribution in [0.4, 0.5) is 0 Å². The lowest BCUT2D eigenvalue weighted by atomic mass is 9.89. The fraction of sp³-hybridized carbons (Fsp3) is 0.625. The minimum absolute atomic E-state index is 0.174. The summed E-state index contributed by atoms with van der Waals surface area (Å²) in [5.41, 5.74) is 2.90. The van der Waals surface area contributed by atoms with Crippen molar-refractivity contribution in [2.45, 2.75) is 52.2 Å². The Morgan fingerprint density at radius 1 is 1.32 bits per heavy atom. The van der Waals surface area contributed by atoms with Crippen molar-refractivity contribution in [1.29, 1.82) is 0 Å². The molecular formula is C16H24ClNO. The van der Waals surface area contributed by atoms with Crippen molar-refractivity contribution >= 4 is 11.6 Å². The summed E-state index contributed by atoms with van der Waals surface area (Å²) >= 11 is 6.01. The average molecular weight is 282 g/mol. The molecule has 2 N–H and O–H groups in total. The van der Waals surface area contributed by atoms with Crippen LogP contribution in [0.1, 0.15) is 38.3 Å². The van der Waals surface area contributed by atoms with Gasteiger partial charge in [-0.1, -0.05) is 38.4 Å². The van der Waals surface area contributed by atoms with Gasteiger partial charge in [-0.2, -0.15) is 0 Å². The summed E-state index contributed by atoms with van der Waals surface area (Å²) in [6.45, 7) is 7.14. The van der Waals surface area contributed by atoms with Crippen molar-refractivity contribution in [3.8, 4) is 0 Å². The van der Waals surface area contributed by atoms with Gasteiger partial charge in [0, 0.05) is 17.6 Å². The molecule has 106 valence electrons. The van der Waals surface area contributed by atoms with Crippen molar-refractivity contribution in [3.05, 3.63) is 34.3 Å². The monoisotopic (exact) mass is 281 g/mol. The lowest BCUT2D eigenvalue weighted by Crippen LogP contribution is -2.37. The zero-order valence-corrected chi connectivity index (χ0v) is 12.8. The molecular weight excluding hydrogens is 258 g/mol. The zero-order valence-electron chi connectivity index (χ0n) is 12.0. The molecule has 2 rings (SSSR count). The van der Waals surface area contributed by atoms with Crippen molar-refractivity contribution in [3.63, 3.8) is 0 Å². The van der Waals surface area contributed by atoms with E-state index in [2.05, 4.69) is 38.2 Å². The van der Waals surface area contributed by atoms with E-state index in [0.717, 1.165) is 24.3 Å². The summed E-state index contributed by atoms with van der Waals surface area (Å²) in [6, 6.07) is 6.56. The number of rotatable bonds is 4. The molecule has 1 aromatic carbocycles. The van der Waals surface area contributed by atoms with Gasteiger partial charge in [-0.25, -0.2) is 0 Å². The van der Waals surface area contributed by atoms with Gasteiger partial charge < -0.3 is 10.4 Å². The highest BCUT2D eigenvalue weighted by molar-refractivity contribution is 6.30. The summed E-state index contributed by atoms with van der Waals surface area (Å²) in [5, 5.41) is 14.3. The molecule has 0 heterocycles. The molecule has 1 aliphatic carbocycles. The van der Waals surface area contributed by atoms with Gasteiger partial charge in [-0.15, -0.1) is 0 Å². The summed E-state index contributed by atoms with van der Waals surface area (Å²) in [5.74, 6) is 0.